The number of hydrogen-bond acceptors (Lipinski definition) is 2. The average Bonchev–Trinajstić information content (AvgIpc) is 2.47. The van der Waals surface area contributed by atoms with Gasteiger partial charge in [-0.1, -0.05) is 29.8 Å². The van der Waals surface area contributed by atoms with E-state index in [9.17, 15) is 4.79 Å². The molecule has 0 spiro atoms. The van der Waals surface area contributed by atoms with Crippen LogP contribution in [0.2, 0.25) is 0 Å². The number of aryl methyl sites for hydroxylation is 1. The summed E-state index contributed by atoms with van der Waals surface area (Å²) < 4.78 is 0. The molecule has 3 heteroatoms. The van der Waals surface area contributed by atoms with Gasteiger partial charge in [0.25, 0.3) is 5.91 Å². The summed E-state index contributed by atoms with van der Waals surface area (Å²) in [5.74, 6) is 0.0596. The van der Waals surface area contributed by atoms with Crippen LogP contribution in [0.3, 0.4) is 0 Å². The van der Waals surface area contributed by atoms with Crippen molar-refractivity contribution in [3.05, 3.63) is 65.2 Å². The predicted octanol–water partition coefficient (Wildman–Crippen LogP) is 3.24. The summed E-state index contributed by atoms with van der Waals surface area (Å²) in [5.41, 5.74) is 9.38. The molecule has 2 rings (SSSR count). The zero-order chi connectivity index (χ0) is 14.5. The van der Waals surface area contributed by atoms with Crippen molar-refractivity contribution in [1.29, 1.82) is 0 Å². The Bertz CT molecular complexity index is 573. The Morgan fingerprint density at radius 2 is 1.65 bits per heavy atom. The molecule has 0 heterocycles. The van der Waals surface area contributed by atoms with Crippen LogP contribution in [0.5, 0.6) is 0 Å². The molecule has 0 unspecified atom stereocenters. The fraction of sp³-hybridized carbons (Fsp3) is 0.235. The largest absolute Gasteiger partial charge is 0.399 e. The van der Waals surface area contributed by atoms with E-state index in [0.29, 0.717) is 13.1 Å². The van der Waals surface area contributed by atoms with Gasteiger partial charge in [0.1, 0.15) is 0 Å². The maximum absolute atomic E-state index is 12.5. The lowest BCUT2D eigenvalue weighted by atomic mass is 10.1. The van der Waals surface area contributed by atoms with Gasteiger partial charge in [-0.15, -0.1) is 0 Å². The number of benzene rings is 2. The minimum absolute atomic E-state index is 0.0596. The van der Waals surface area contributed by atoms with Crippen molar-refractivity contribution in [1.82, 2.24) is 4.90 Å². The molecule has 0 fully saturated rings. The van der Waals surface area contributed by atoms with E-state index in [2.05, 4.69) is 0 Å². The summed E-state index contributed by atoms with van der Waals surface area (Å²) in [4.78, 5) is 14.3. The fourth-order valence-corrected chi connectivity index (χ4v) is 2.05. The summed E-state index contributed by atoms with van der Waals surface area (Å²) >= 11 is 0. The van der Waals surface area contributed by atoms with Gasteiger partial charge in [-0.25, -0.2) is 0 Å². The van der Waals surface area contributed by atoms with Gasteiger partial charge in [-0.3, -0.25) is 4.79 Å². The first-order valence-electron chi connectivity index (χ1n) is 6.80. The molecule has 0 aromatic heterocycles. The van der Waals surface area contributed by atoms with Crippen LogP contribution in [0.4, 0.5) is 5.69 Å². The number of nitrogen functional groups attached to an aromatic ring is 1. The van der Waals surface area contributed by atoms with Gasteiger partial charge in [0, 0.05) is 24.3 Å². The van der Waals surface area contributed by atoms with E-state index in [1.54, 1.807) is 0 Å². The zero-order valence-corrected chi connectivity index (χ0v) is 12.0. The number of rotatable bonds is 4. The Kier molecular flexibility index (Phi) is 4.41. The number of carbonyl (C=O) groups is 1. The van der Waals surface area contributed by atoms with Crippen LogP contribution in [0.1, 0.15) is 28.4 Å². The Morgan fingerprint density at radius 3 is 2.20 bits per heavy atom. The number of nitrogens with two attached hydrogens (primary N) is 1. The molecular weight excluding hydrogens is 248 g/mol. The minimum Gasteiger partial charge on any atom is -0.399 e. The lowest BCUT2D eigenvalue weighted by molar-refractivity contribution is 0.0752. The third-order valence-electron chi connectivity index (χ3n) is 3.32. The summed E-state index contributed by atoms with van der Waals surface area (Å²) in [6.45, 7) is 5.28. The first-order valence-corrected chi connectivity index (χ1v) is 6.80. The van der Waals surface area contributed by atoms with Crippen molar-refractivity contribution in [2.75, 3.05) is 12.3 Å². The van der Waals surface area contributed by atoms with Crippen molar-refractivity contribution in [2.24, 2.45) is 0 Å². The molecule has 0 atom stereocenters. The van der Waals surface area contributed by atoms with E-state index in [0.717, 1.165) is 22.4 Å². The smallest absolute Gasteiger partial charge is 0.254 e. The Morgan fingerprint density at radius 1 is 1.05 bits per heavy atom. The maximum atomic E-state index is 12.5. The van der Waals surface area contributed by atoms with E-state index < -0.39 is 0 Å². The highest BCUT2D eigenvalue weighted by Crippen LogP contribution is 2.12. The molecular formula is C17H20N2O. The molecule has 0 saturated carbocycles. The van der Waals surface area contributed by atoms with Crippen molar-refractivity contribution in [3.8, 4) is 0 Å². The van der Waals surface area contributed by atoms with Crippen LogP contribution in [-0.4, -0.2) is 17.4 Å². The number of nitrogens with zero attached hydrogens (tertiary/aromatic N) is 1. The first kappa shape index (κ1) is 14.1. The van der Waals surface area contributed by atoms with Crippen LogP contribution in [-0.2, 0) is 6.54 Å². The summed E-state index contributed by atoms with van der Waals surface area (Å²) in [6, 6.07) is 15.3. The van der Waals surface area contributed by atoms with Gasteiger partial charge < -0.3 is 10.6 Å². The van der Waals surface area contributed by atoms with Gasteiger partial charge in [0.2, 0.25) is 0 Å². The maximum Gasteiger partial charge on any atom is 0.254 e. The van der Waals surface area contributed by atoms with Crippen LogP contribution in [0.15, 0.2) is 48.5 Å². The standard InChI is InChI=1S/C17H20N2O/c1-3-19(12-14-6-10-16(18)11-7-14)17(20)15-8-4-13(2)5-9-15/h4-11H,3,12,18H2,1-2H3. The second kappa shape index (κ2) is 6.24. The molecule has 0 bridgehead atoms. The van der Waals surface area contributed by atoms with Gasteiger partial charge in [-0.2, -0.15) is 0 Å². The molecule has 0 aliphatic rings. The molecule has 20 heavy (non-hydrogen) atoms. The van der Waals surface area contributed by atoms with Gasteiger partial charge in [-0.05, 0) is 43.7 Å². The molecule has 0 saturated heterocycles. The Labute approximate surface area is 120 Å². The predicted molar refractivity (Wildman–Crippen MR) is 82.4 cm³/mol. The summed E-state index contributed by atoms with van der Waals surface area (Å²) in [5, 5.41) is 0. The number of carbonyl (C=O) groups excluding carboxylic acids is 1. The van der Waals surface area contributed by atoms with E-state index in [1.807, 2.05) is 67.3 Å². The number of hydrogen-bond donors (Lipinski definition) is 1. The first-order chi connectivity index (χ1) is 9.60. The summed E-state index contributed by atoms with van der Waals surface area (Å²) in [6.07, 6.45) is 0. The molecule has 2 N–H and O–H groups in total. The minimum atomic E-state index is 0.0596. The third kappa shape index (κ3) is 3.38. The van der Waals surface area contributed by atoms with E-state index in [1.165, 1.54) is 0 Å². The molecule has 0 radical (unpaired) electrons. The molecule has 104 valence electrons. The lowest BCUT2D eigenvalue weighted by Gasteiger charge is -2.21. The van der Waals surface area contributed by atoms with Gasteiger partial charge >= 0.3 is 0 Å². The van der Waals surface area contributed by atoms with Gasteiger partial charge in [0.15, 0.2) is 0 Å². The van der Waals surface area contributed by atoms with Crippen molar-refractivity contribution >= 4 is 11.6 Å². The number of anilines is 1. The lowest BCUT2D eigenvalue weighted by Crippen LogP contribution is -2.30. The Hall–Kier alpha value is -2.29. The zero-order valence-electron chi connectivity index (χ0n) is 12.0. The molecule has 2 aromatic rings. The van der Waals surface area contributed by atoms with E-state index in [-0.39, 0.29) is 5.91 Å². The second-order valence-corrected chi connectivity index (χ2v) is 4.93. The third-order valence-corrected chi connectivity index (χ3v) is 3.32. The van der Waals surface area contributed by atoms with Crippen LogP contribution in [0.25, 0.3) is 0 Å². The van der Waals surface area contributed by atoms with Gasteiger partial charge in [0.05, 0.1) is 0 Å². The number of amides is 1. The van der Waals surface area contributed by atoms with Crippen molar-refractivity contribution in [3.63, 3.8) is 0 Å². The molecule has 1 amide bonds. The second-order valence-electron chi connectivity index (χ2n) is 4.93. The monoisotopic (exact) mass is 268 g/mol. The SMILES string of the molecule is CCN(Cc1ccc(N)cc1)C(=O)c1ccc(C)cc1. The van der Waals surface area contributed by atoms with Crippen molar-refractivity contribution < 1.29 is 4.79 Å². The molecule has 0 aliphatic carbocycles. The van der Waals surface area contributed by atoms with Crippen molar-refractivity contribution in [2.45, 2.75) is 20.4 Å². The van der Waals surface area contributed by atoms with E-state index in [4.69, 9.17) is 5.73 Å². The molecule has 0 aliphatic heterocycles. The molecule has 3 nitrogen and oxygen atoms in total. The quantitative estimate of drug-likeness (QED) is 0.865. The topological polar surface area (TPSA) is 46.3 Å². The van der Waals surface area contributed by atoms with E-state index >= 15 is 0 Å². The highest BCUT2D eigenvalue weighted by molar-refractivity contribution is 5.94. The normalized spacial score (nSPS) is 10.3. The highest BCUT2D eigenvalue weighted by atomic mass is 16.2. The summed E-state index contributed by atoms with van der Waals surface area (Å²) in [7, 11) is 0. The van der Waals surface area contributed by atoms with Crippen LogP contribution in [0, 0.1) is 6.92 Å². The average molecular weight is 268 g/mol. The fourth-order valence-electron chi connectivity index (χ4n) is 2.05. The Balaban J connectivity index is 2.13. The van der Waals surface area contributed by atoms with Crippen LogP contribution < -0.4 is 5.73 Å². The van der Waals surface area contributed by atoms with Crippen LogP contribution >= 0.6 is 0 Å². The highest BCUT2D eigenvalue weighted by Gasteiger charge is 2.14. The molecule has 2 aromatic carbocycles.